The summed E-state index contributed by atoms with van der Waals surface area (Å²) in [5.41, 5.74) is 0.947. The summed E-state index contributed by atoms with van der Waals surface area (Å²) in [4.78, 5) is 11.6. The zero-order chi connectivity index (χ0) is 14.0. The summed E-state index contributed by atoms with van der Waals surface area (Å²) in [6.45, 7) is 1.97. The molecule has 0 amide bonds. The fourth-order valence-electron chi connectivity index (χ4n) is 2.16. The van der Waals surface area contributed by atoms with E-state index in [1.54, 1.807) is 13.0 Å². The van der Waals surface area contributed by atoms with Crippen LogP contribution in [-0.4, -0.2) is 31.6 Å². The molecule has 5 nitrogen and oxygen atoms in total. The monoisotopic (exact) mass is 278 g/mol. The molecular weight excluding hydrogens is 264 g/mol. The Morgan fingerprint density at radius 2 is 2.11 bits per heavy atom. The highest BCUT2D eigenvalue weighted by atomic mass is 32.2. The Morgan fingerprint density at radius 1 is 1.37 bits per heavy atom. The molecule has 0 saturated carbocycles. The van der Waals surface area contributed by atoms with Crippen molar-refractivity contribution < 1.29 is 13.2 Å². The molecule has 0 N–H and O–H groups in total. The number of rotatable bonds is 2. The largest absolute Gasteiger partial charge is 0.298 e. The van der Waals surface area contributed by atoms with Crippen LogP contribution < -0.4 is 0 Å². The van der Waals surface area contributed by atoms with E-state index in [0.717, 1.165) is 0 Å². The maximum Gasteiger partial charge on any atom is 0.243 e. The second-order valence-electron chi connectivity index (χ2n) is 4.57. The van der Waals surface area contributed by atoms with Crippen molar-refractivity contribution in [1.29, 1.82) is 5.26 Å². The van der Waals surface area contributed by atoms with Crippen LogP contribution in [0.4, 0.5) is 0 Å². The molecular formula is C13H14N2O3S. The van der Waals surface area contributed by atoms with Gasteiger partial charge in [0.1, 0.15) is 5.78 Å². The number of aryl methyl sites for hydroxylation is 1. The zero-order valence-electron chi connectivity index (χ0n) is 10.6. The fourth-order valence-corrected chi connectivity index (χ4v) is 3.83. The third-order valence-corrected chi connectivity index (χ3v) is 5.14. The lowest BCUT2D eigenvalue weighted by atomic mass is 10.1. The topological polar surface area (TPSA) is 78.2 Å². The highest BCUT2D eigenvalue weighted by Crippen LogP contribution is 2.23. The van der Waals surface area contributed by atoms with E-state index in [1.165, 1.54) is 16.4 Å². The van der Waals surface area contributed by atoms with Crippen LogP contribution in [0, 0.1) is 18.3 Å². The van der Waals surface area contributed by atoms with Crippen LogP contribution in [-0.2, 0) is 14.8 Å². The molecule has 0 radical (unpaired) electrons. The van der Waals surface area contributed by atoms with Crippen molar-refractivity contribution in [2.75, 3.05) is 13.1 Å². The molecule has 0 unspecified atom stereocenters. The van der Waals surface area contributed by atoms with E-state index in [0.29, 0.717) is 30.5 Å². The van der Waals surface area contributed by atoms with Gasteiger partial charge in [-0.3, -0.25) is 4.79 Å². The molecule has 0 aromatic heterocycles. The Hall–Kier alpha value is -1.71. The third kappa shape index (κ3) is 2.67. The minimum atomic E-state index is -3.65. The number of benzene rings is 1. The van der Waals surface area contributed by atoms with E-state index in [9.17, 15) is 13.2 Å². The summed E-state index contributed by atoms with van der Waals surface area (Å²) in [6.07, 6.45) is 1.01. The standard InChI is InChI=1S/C13H14N2O3S/c1-10-7-11(8-14)4-5-13(10)19(17,18)15-6-2-3-12(16)9-15/h4-5,7H,2-3,6,9H2,1H3. The van der Waals surface area contributed by atoms with Crippen LogP contribution in [0.25, 0.3) is 0 Å². The molecule has 1 aromatic carbocycles. The molecule has 1 aliphatic heterocycles. The Bertz CT molecular complexity index is 659. The number of hydrogen-bond donors (Lipinski definition) is 0. The Kier molecular flexibility index (Phi) is 3.69. The number of carbonyl (C=O) groups excluding carboxylic acids is 1. The number of Topliss-reactive ketones (excluding diaryl/α,β-unsaturated/α-hetero) is 1. The lowest BCUT2D eigenvalue weighted by molar-refractivity contribution is -0.120. The smallest absolute Gasteiger partial charge is 0.243 e. The molecule has 1 heterocycles. The van der Waals surface area contributed by atoms with Gasteiger partial charge in [-0.1, -0.05) is 0 Å². The Balaban J connectivity index is 2.39. The van der Waals surface area contributed by atoms with Gasteiger partial charge >= 0.3 is 0 Å². The summed E-state index contributed by atoms with van der Waals surface area (Å²) in [5, 5.41) is 8.78. The fraction of sp³-hybridized carbons (Fsp3) is 0.385. The lowest BCUT2D eigenvalue weighted by Crippen LogP contribution is -2.40. The van der Waals surface area contributed by atoms with Crippen LogP contribution in [0.15, 0.2) is 23.1 Å². The summed E-state index contributed by atoms with van der Waals surface area (Å²) in [6, 6.07) is 6.42. The zero-order valence-corrected chi connectivity index (χ0v) is 11.4. The van der Waals surface area contributed by atoms with Gasteiger partial charge in [0.25, 0.3) is 0 Å². The first kappa shape index (κ1) is 13.7. The maximum atomic E-state index is 12.4. The second-order valence-corrected chi connectivity index (χ2v) is 6.48. The van der Waals surface area contributed by atoms with Gasteiger partial charge in [0.05, 0.1) is 23.1 Å². The Labute approximate surface area is 112 Å². The van der Waals surface area contributed by atoms with E-state index in [-0.39, 0.29) is 17.2 Å². The number of ketones is 1. The minimum absolute atomic E-state index is 0.0538. The summed E-state index contributed by atoms with van der Waals surface area (Å²) in [5.74, 6) is -0.0545. The molecule has 1 aromatic rings. The maximum absolute atomic E-state index is 12.4. The number of piperidine rings is 1. The molecule has 0 bridgehead atoms. The highest BCUT2D eigenvalue weighted by molar-refractivity contribution is 7.89. The number of nitrogens with zero attached hydrogens (tertiary/aromatic N) is 2. The van der Waals surface area contributed by atoms with Gasteiger partial charge in [-0.15, -0.1) is 0 Å². The van der Waals surface area contributed by atoms with Crippen LogP contribution >= 0.6 is 0 Å². The average Bonchev–Trinajstić information content (AvgIpc) is 2.38. The lowest BCUT2D eigenvalue weighted by Gasteiger charge is -2.25. The first-order valence-electron chi connectivity index (χ1n) is 5.98. The van der Waals surface area contributed by atoms with Gasteiger partial charge in [-0.05, 0) is 37.1 Å². The van der Waals surface area contributed by atoms with Crippen molar-refractivity contribution in [3.05, 3.63) is 29.3 Å². The van der Waals surface area contributed by atoms with Crippen molar-refractivity contribution in [3.8, 4) is 6.07 Å². The van der Waals surface area contributed by atoms with E-state index in [1.807, 2.05) is 6.07 Å². The molecule has 1 aliphatic rings. The number of carbonyl (C=O) groups is 1. The molecule has 0 atom stereocenters. The van der Waals surface area contributed by atoms with E-state index >= 15 is 0 Å². The van der Waals surface area contributed by atoms with Gasteiger partial charge in [0.15, 0.2) is 0 Å². The van der Waals surface area contributed by atoms with Crippen molar-refractivity contribution >= 4 is 15.8 Å². The quantitative estimate of drug-likeness (QED) is 0.815. The minimum Gasteiger partial charge on any atom is -0.298 e. The van der Waals surface area contributed by atoms with Crippen LogP contribution in [0.1, 0.15) is 24.0 Å². The van der Waals surface area contributed by atoms with Crippen LogP contribution in [0.5, 0.6) is 0 Å². The van der Waals surface area contributed by atoms with Gasteiger partial charge in [-0.25, -0.2) is 8.42 Å². The van der Waals surface area contributed by atoms with Crippen molar-refractivity contribution in [1.82, 2.24) is 4.31 Å². The molecule has 1 saturated heterocycles. The highest BCUT2D eigenvalue weighted by Gasteiger charge is 2.30. The molecule has 6 heteroatoms. The normalized spacial score (nSPS) is 17.2. The summed E-state index contributed by atoms with van der Waals surface area (Å²) >= 11 is 0. The Morgan fingerprint density at radius 3 is 2.68 bits per heavy atom. The van der Waals surface area contributed by atoms with Crippen molar-refractivity contribution in [2.24, 2.45) is 0 Å². The molecule has 0 aliphatic carbocycles. The number of hydrogen-bond acceptors (Lipinski definition) is 4. The summed E-state index contributed by atoms with van der Waals surface area (Å²) < 4.78 is 26.1. The van der Waals surface area contributed by atoms with Crippen LogP contribution in [0.3, 0.4) is 0 Å². The molecule has 19 heavy (non-hydrogen) atoms. The molecule has 0 spiro atoms. The van der Waals surface area contributed by atoms with E-state index in [2.05, 4.69) is 0 Å². The van der Waals surface area contributed by atoms with Gasteiger partial charge in [0, 0.05) is 13.0 Å². The molecule has 1 fully saturated rings. The van der Waals surface area contributed by atoms with Gasteiger partial charge in [-0.2, -0.15) is 9.57 Å². The average molecular weight is 278 g/mol. The van der Waals surface area contributed by atoms with Crippen molar-refractivity contribution in [2.45, 2.75) is 24.7 Å². The summed E-state index contributed by atoms with van der Waals surface area (Å²) in [7, 11) is -3.65. The van der Waals surface area contributed by atoms with E-state index < -0.39 is 10.0 Å². The van der Waals surface area contributed by atoms with Gasteiger partial charge in [0.2, 0.25) is 10.0 Å². The number of sulfonamides is 1. The predicted molar refractivity (Wildman–Crippen MR) is 68.9 cm³/mol. The molecule has 100 valence electrons. The van der Waals surface area contributed by atoms with Gasteiger partial charge < -0.3 is 0 Å². The number of nitriles is 1. The second kappa shape index (κ2) is 5.11. The third-order valence-electron chi connectivity index (χ3n) is 3.14. The predicted octanol–water partition coefficient (Wildman–Crippen LogP) is 1.22. The first-order chi connectivity index (χ1) is 8.95. The van der Waals surface area contributed by atoms with Crippen molar-refractivity contribution in [3.63, 3.8) is 0 Å². The molecule has 2 rings (SSSR count). The first-order valence-corrected chi connectivity index (χ1v) is 7.42. The van der Waals surface area contributed by atoms with E-state index in [4.69, 9.17) is 5.26 Å². The van der Waals surface area contributed by atoms with Crippen LogP contribution in [0.2, 0.25) is 0 Å². The SMILES string of the molecule is Cc1cc(C#N)ccc1S(=O)(=O)N1CCCC(=O)C1.